The zero-order valence-electron chi connectivity index (χ0n) is 13.1. The molecule has 0 unspecified atom stereocenters. The zero-order valence-corrected chi connectivity index (χ0v) is 13.9. The van der Waals surface area contributed by atoms with Crippen LogP contribution in [0.1, 0.15) is 32.1 Å². The fourth-order valence-corrected chi connectivity index (χ4v) is 3.88. The number of nitrogens with one attached hydrogen (secondary N) is 1. The highest BCUT2D eigenvalue weighted by Crippen LogP contribution is 2.38. The van der Waals surface area contributed by atoms with E-state index in [-0.39, 0.29) is 5.41 Å². The molecule has 1 atom stereocenters. The van der Waals surface area contributed by atoms with Crippen LogP contribution in [-0.2, 0) is 5.41 Å². The standard InChI is InChI=1S/C15H23N5S/c1-15(2,3)11-7-10-12(21-11)13(19-14(16)18-10)20-6-5-9(8-20)17-4/h7,9,17H,5-6,8H2,1-4H3,(H2,16,18,19)/t9-/m0/s1. The third kappa shape index (κ3) is 2.70. The van der Waals surface area contributed by atoms with Crippen molar-refractivity contribution in [3.8, 4) is 0 Å². The number of nitrogen functional groups attached to an aromatic ring is 1. The van der Waals surface area contributed by atoms with Gasteiger partial charge in [-0.15, -0.1) is 11.3 Å². The predicted octanol–water partition coefficient (Wildman–Crippen LogP) is 2.37. The van der Waals surface area contributed by atoms with Crippen LogP contribution in [0.5, 0.6) is 0 Å². The first-order valence-corrected chi connectivity index (χ1v) is 8.20. The number of nitrogens with two attached hydrogens (primary N) is 1. The summed E-state index contributed by atoms with van der Waals surface area (Å²) in [6.45, 7) is 8.66. The molecule has 1 fully saturated rings. The van der Waals surface area contributed by atoms with E-state index < -0.39 is 0 Å². The van der Waals surface area contributed by atoms with Gasteiger partial charge in [0.25, 0.3) is 0 Å². The lowest BCUT2D eigenvalue weighted by molar-refractivity contribution is 0.604. The van der Waals surface area contributed by atoms with E-state index in [0.29, 0.717) is 12.0 Å². The maximum Gasteiger partial charge on any atom is 0.222 e. The number of thiophene rings is 1. The van der Waals surface area contributed by atoms with Crippen LogP contribution in [-0.4, -0.2) is 36.1 Å². The Hall–Kier alpha value is -1.40. The van der Waals surface area contributed by atoms with Crippen molar-refractivity contribution in [1.82, 2.24) is 15.3 Å². The summed E-state index contributed by atoms with van der Waals surface area (Å²) in [7, 11) is 2.01. The fraction of sp³-hybridized carbons (Fsp3) is 0.600. The summed E-state index contributed by atoms with van der Waals surface area (Å²) >= 11 is 1.79. The minimum atomic E-state index is 0.121. The third-order valence-corrected chi connectivity index (χ3v) is 5.55. The Morgan fingerprint density at radius 1 is 1.38 bits per heavy atom. The highest BCUT2D eigenvalue weighted by molar-refractivity contribution is 7.19. The first-order valence-electron chi connectivity index (χ1n) is 7.38. The van der Waals surface area contributed by atoms with Crippen molar-refractivity contribution in [3.05, 3.63) is 10.9 Å². The maximum atomic E-state index is 5.92. The molecule has 114 valence electrons. The van der Waals surface area contributed by atoms with Crippen molar-refractivity contribution >= 4 is 33.3 Å². The molecule has 5 nitrogen and oxygen atoms in total. The van der Waals surface area contributed by atoms with E-state index in [1.807, 2.05) is 7.05 Å². The number of nitrogens with zero attached hydrogens (tertiary/aromatic N) is 3. The second-order valence-corrected chi connectivity index (χ2v) is 7.75. The first-order chi connectivity index (χ1) is 9.88. The van der Waals surface area contributed by atoms with Crippen LogP contribution in [0, 0.1) is 0 Å². The van der Waals surface area contributed by atoms with Crippen molar-refractivity contribution in [2.45, 2.75) is 38.6 Å². The van der Waals surface area contributed by atoms with Crippen LogP contribution in [0.2, 0.25) is 0 Å². The van der Waals surface area contributed by atoms with Gasteiger partial charge in [-0.25, -0.2) is 4.98 Å². The van der Waals surface area contributed by atoms with Crippen LogP contribution in [0.3, 0.4) is 0 Å². The lowest BCUT2D eigenvalue weighted by Crippen LogP contribution is -2.30. The second kappa shape index (κ2) is 5.10. The van der Waals surface area contributed by atoms with Crippen LogP contribution in [0.25, 0.3) is 10.2 Å². The molecule has 2 aromatic heterocycles. The molecule has 0 aliphatic carbocycles. The molecule has 2 aromatic rings. The minimum absolute atomic E-state index is 0.121. The molecule has 1 aliphatic heterocycles. The van der Waals surface area contributed by atoms with E-state index in [1.54, 1.807) is 11.3 Å². The van der Waals surface area contributed by atoms with Crippen molar-refractivity contribution in [1.29, 1.82) is 0 Å². The molecule has 0 spiro atoms. The van der Waals surface area contributed by atoms with Gasteiger partial charge in [-0.05, 0) is 24.9 Å². The Morgan fingerprint density at radius 3 is 2.76 bits per heavy atom. The lowest BCUT2D eigenvalue weighted by Gasteiger charge is -2.18. The van der Waals surface area contributed by atoms with Crippen LogP contribution in [0.15, 0.2) is 6.07 Å². The summed E-state index contributed by atoms with van der Waals surface area (Å²) in [6, 6.07) is 2.69. The average Bonchev–Trinajstić information content (AvgIpc) is 3.02. The Balaban J connectivity index is 2.07. The number of rotatable bonds is 2. The van der Waals surface area contributed by atoms with Crippen LogP contribution < -0.4 is 16.0 Å². The van der Waals surface area contributed by atoms with Gasteiger partial charge in [-0.1, -0.05) is 20.8 Å². The van der Waals surface area contributed by atoms with Gasteiger partial charge in [0.1, 0.15) is 0 Å². The highest BCUT2D eigenvalue weighted by Gasteiger charge is 2.26. The van der Waals surface area contributed by atoms with E-state index in [4.69, 9.17) is 5.73 Å². The SMILES string of the molecule is CN[C@H]1CCN(c2nc(N)nc3cc(C(C)(C)C)sc23)C1. The van der Waals surface area contributed by atoms with Gasteiger partial charge in [-0.2, -0.15) is 4.98 Å². The predicted molar refractivity (Wildman–Crippen MR) is 90.2 cm³/mol. The Bertz CT molecular complexity index is 658. The zero-order chi connectivity index (χ0) is 15.2. The van der Waals surface area contributed by atoms with Crippen LogP contribution >= 0.6 is 11.3 Å². The molecule has 0 bridgehead atoms. The molecule has 0 saturated carbocycles. The normalized spacial score (nSPS) is 19.6. The minimum Gasteiger partial charge on any atom is -0.368 e. The van der Waals surface area contributed by atoms with Crippen molar-refractivity contribution in [2.75, 3.05) is 30.8 Å². The summed E-state index contributed by atoms with van der Waals surface area (Å²) in [5.41, 5.74) is 7.01. The molecule has 3 rings (SSSR count). The monoisotopic (exact) mass is 305 g/mol. The maximum absolute atomic E-state index is 5.92. The van der Waals surface area contributed by atoms with Crippen molar-refractivity contribution in [2.24, 2.45) is 0 Å². The smallest absolute Gasteiger partial charge is 0.222 e. The largest absolute Gasteiger partial charge is 0.368 e. The molecule has 0 amide bonds. The molecule has 3 N–H and O–H groups in total. The van der Waals surface area contributed by atoms with E-state index in [0.717, 1.165) is 35.5 Å². The van der Waals surface area contributed by atoms with Gasteiger partial charge in [0.15, 0.2) is 5.82 Å². The summed E-state index contributed by atoms with van der Waals surface area (Å²) in [5.74, 6) is 1.36. The molecular formula is C15H23N5S. The molecule has 3 heterocycles. The Kier molecular flexibility index (Phi) is 3.53. The third-order valence-electron chi connectivity index (χ3n) is 4.01. The summed E-state index contributed by atoms with van der Waals surface area (Å²) in [6.07, 6.45) is 1.14. The molecule has 0 radical (unpaired) electrons. The second-order valence-electron chi connectivity index (χ2n) is 6.70. The molecule has 21 heavy (non-hydrogen) atoms. The van der Waals surface area contributed by atoms with E-state index in [2.05, 4.69) is 47.0 Å². The number of fused-ring (bicyclic) bond motifs is 1. The fourth-order valence-electron chi connectivity index (χ4n) is 2.70. The topological polar surface area (TPSA) is 67.1 Å². The van der Waals surface area contributed by atoms with Gasteiger partial charge in [0.05, 0.1) is 10.2 Å². The van der Waals surface area contributed by atoms with Gasteiger partial charge in [0, 0.05) is 24.0 Å². The van der Waals surface area contributed by atoms with Crippen molar-refractivity contribution in [3.63, 3.8) is 0 Å². The van der Waals surface area contributed by atoms with Gasteiger partial charge in [0.2, 0.25) is 5.95 Å². The van der Waals surface area contributed by atoms with E-state index in [1.165, 1.54) is 4.88 Å². The van der Waals surface area contributed by atoms with E-state index >= 15 is 0 Å². The number of anilines is 2. The first kappa shape index (κ1) is 14.5. The molecule has 0 aromatic carbocycles. The van der Waals surface area contributed by atoms with Gasteiger partial charge >= 0.3 is 0 Å². The van der Waals surface area contributed by atoms with E-state index in [9.17, 15) is 0 Å². The Labute approximate surface area is 129 Å². The molecular weight excluding hydrogens is 282 g/mol. The highest BCUT2D eigenvalue weighted by atomic mass is 32.1. The quantitative estimate of drug-likeness (QED) is 0.891. The summed E-state index contributed by atoms with van der Waals surface area (Å²) < 4.78 is 1.16. The van der Waals surface area contributed by atoms with Crippen molar-refractivity contribution < 1.29 is 0 Å². The number of hydrogen-bond donors (Lipinski definition) is 2. The number of aromatic nitrogens is 2. The summed E-state index contributed by atoms with van der Waals surface area (Å²) in [4.78, 5) is 12.6. The molecule has 1 saturated heterocycles. The lowest BCUT2D eigenvalue weighted by atomic mass is 9.95. The average molecular weight is 305 g/mol. The Morgan fingerprint density at radius 2 is 2.14 bits per heavy atom. The number of likely N-dealkylation sites (N-methyl/N-ethyl adjacent to an activating group) is 1. The van der Waals surface area contributed by atoms with Crippen LogP contribution in [0.4, 0.5) is 11.8 Å². The summed E-state index contributed by atoms with van der Waals surface area (Å²) in [5, 5.41) is 3.34. The molecule has 6 heteroatoms. The van der Waals surface area contributed by atoms with Gasteiger partial charge < -0.3 is 16.0 Å². The molecule has 1 aliphatic rings. The van der Waals surface area contributed by atoms with Gasteiger partial charge in [-0.3, -0.25) is 0 Å². The number of hydrogen-bond acceptors (Lipinski definition) is 6.